The molecule has 5 aliphatic rings. The van der Waals surface area contributed by atoms with Crippen molar-refractivity contribution in [1.82, 2.24) is 0 Å². The van der Waals surface area contributed by atoms with Gasteiger partial charge in [-0.2, -0.15) is 0 Å². The molecule has 3 nitrogen and oxygen atoms in total. The van der Waals surface area contributed by atoms with Gasteiger partial charge in [-0.1, -0.05) is 84.9 Å². The van der Waals surface area contributed by atoms with Gasteiger partial charge in [0.2, 0.25) is 9.84 Å². The molecular weight excluding hydrogens is 663 g/mol. The molecule has 2 heterocycles. The summed E-state index contributed by atoms with van der Waals surface area (Å²) in [6.07, 6.45) is 6.12. The van der Waals surface area contributed by atoms with E-state index in [4.69, 9.17) is 0 Å². The van der Waals surface area contributed by atoms with Gasteiger partial charge in [-0.3, -0.25) is 0 Å². The molecular formula is C46H37NO2S2. The fourth-order valence-electron chi connectivity index (χ4n) is 11.1. The van der Waals surface area contributed by atoms with Crippen molar-refractivity contribution < 1.29 is 8.42 Å². The first kappa shape index (κ1) is 30.0. The van der Waals surface area contributed by atoms with E-state index in [2.05, 4.69) is 120 Å². The fraction of sp³-hybridized carbons (Fsp3) is 0.217. The van der Waals surface area contributed by atoms with Gasteiger partial charge in [0.25, 0.3) is 0 Å². The first-order chi connectivity index (χ1) is 25.0. The van der Waals surface area contributed by atoms with Crippen LogP contribution in [0.1, 0.15) is 43.2 Å². The number of hydrogen-bond donors (Lipinski definition) is 0. The molecule has 0 atom stereocenters. The minimum atomic E-state index is -3.67. The third kappa shape index (κ3) is 4.19. The lowest BCUT2D eigenvalue weighted by atomic mass is 9.42. The molecule has 51 heavy (non-hydrogen) atoms. The summed E-state index contributed by atoms with van der Waals surface area (Å²) in [4.78, 5) is 3.36. The van der Waals surface area contributed by atoms with E-state index in [9.17, 15) is 8.42 Å². The van der Waals surface area contributed by atoms with Crippen LogP contribution < -0.4 is 4.90 Å². The molecule has 4 aliphatic carbocycles. The average molecular weight is 700 g/mol. The molecule has 1 aromatic heterocycles. The van der Waals surface area contributed by atoms with E-state index in [1.54, 1.807) is 0 Å². The van der Waals surface area contributed by atoms with Crippen molar-refractivity contribution in [3.63, 3.8) is 0 Å². The fourth-order valence-corrected chi connectivity index (χ4v) is 14.2. The Hall–Kier alpha value is -4.71. The Labute approximate surface area is 303 Å². The number of hydrogen-bond acceptors (Lipinski definition) is 4. The molecule has 12 rings (SSSR count). The van der Waals surface area contributed by atoms with Crippen molar-refractivity contribution in [3.05, 3.63) is 151 Å². The predicted molar refractivity (Wildman–Crippen MR) is 209 cm³/mol. The third-order valence-corrected chi connectivity index (χ3v) is 15.9. The molecule has 1 aliphatic heterocycles. The van der Waals surface area contributed by atoms with Gasteiger partial charge in [0.1, 0.15) is 0 Å². The van der Waals surface area contributed by atoms with E-state index in [-0.39, 0.29) is 5.41 Å². The van der Waals surface area contributed by atoms with E-state index in [1.807, 2.05) is 35.6 Å². The molecule has 5 heteroatoms. The summed E-state index contributed by atoms with van der Waals surface area (Å²) in [5.74, 6) is 2.44. The third-order valence-electron chi connectivity index (χ3n) is 12.8. The van der Waals surface area contributed by atoms with Crippen molar-refractivity contribution in [3.8, 4) is 11.1 Å². The Kier molecular flexibility index (Phi) is 6.40. The van der Waals surface area contributed by atoms with Crippen LogP contribution in [0.5, 0.6) is 0 Å². The van der Waals surface area contributed by atoms with Gasteiger partial charge in [-0.25, -0.2) is 8.42 Å². The van der Waals surface area contributed by atoms with Crippen LogP contribution in [-0.2, 0) is 15.3 Å². The number of nitrogens with zero attached hydrogens (tertiary/aromatic N) is 1. The summed E-state index contributed by atoms with van der Waals surface area (Å²) in [5.41, 5.74) is 7.28. The second-order valence-corrected chi connectivity index (χ2v) is 18.3. The van der Waals surface area contributed by atoms with Crippen LogP contribution in [0, 0.1) is 23.7 Å². The summed E-state index contributed by atoms with van der Waals surface area (Å²) in [6.45, 7) is 0. The molecule has 4 fully saturated rings. The zero-order valence-electron chi connectivity index (χ0n) is 28.2. The Bertz CT molecular complexity index is 2610. The van der Waals surface area contributed by atoms with Crippen molar-refractivity contribution in [2.45, 2.75) is 47.3 Å². The summed E-state index contributed by atoms with van der Waals surface area (Å²) < 4.78 is 31.6. The Morgan fingerprint density at radius 3 is 2.02 bits per heavy atom. The zero-order chi connectivity index (χ0) is 33.9. The van der Waals surface area contributed by atoms with Gasteiger partial charge < -0.3 is 4.90 Å². The maximum Gasteiger partial charge on any atom is 0.207 e. The Morgan fingerprint density at radius 2 is 1.20 bits per heavy atom. The van der Waals surface area contributed by atoms with Crippen LogP contribution in [-0.4, -0.2) is 8.42 Å². The highest BCUT2D eigenvalue weighted by Gasteiger charge is 2.62. The lowest BCUT2D eigenvalue weighted by molar-refractivity contribution is -0.0446. The zero-order valence-corrected chi connectivity index (χ0v) is 29.8. The Morgan fingerprint density at radius 1 is 0.549 bits per heavy atom. The van der Waals surface area contributed by atoms with Crippen LogP contribution >= 0.6 is 11.3 Å². The van der Waals surface area contributed by atoms with Crippen molar-refractivity contribution in [2.75, 3.05) is 4.90 Å². The monoisotopic (exact) mass is 699 g/mol. The lowest BCUT2D eigenvalue weighted by Gasteiger charge is -2.63. The van der Waals surface area contributed by atoms with E-state index in [0.717, 1.165) is 45.6 Å². The average Bonchev–Trinajstić information content (AvgIpc) is 3.54. The van der Waals surface area contributed by atoms with Gasteiger partial charge in [-0.05, 0) is 133 Å². The quantitative estimate of drug-likeness (QED) is 0.184. The first-order valence-corrected chi connectivity index (χ1v) is 20.6. The number of rotatable bonds is 4. The van der Waals surface area contributed by atoms with Crippen LogP contribution in [0.4, 0.5) is 17.1 Å². The first-order valence-electron chi connectivity index (χ1n) is 18.3. The van der Waals surface area contributed by atoms with Gasteiger partial charge in [0.15, 0.2) is 0 Å². The van der Waals surface area contributed by atoms with E-state index in [0.29, 0.717) is 21.6 Å². The van der Waals surface area contributed by atoms with Crippen LogP contribution in [0.25, 0.3) is 31.3 Å². The van der Waals surface area contributed by atoms with E-state index in [1.165, 1.54) is 57.8 Å². The smallest absolute Gasteiger partial charge is 0.207 e. The summed E-state index contributed by atoms with van der Waals surface area (Å²) in [6, 6.07) is 48.9. The molecule has 250 valence electrons. The number of fused-ring (bicyclic) bond motifs is 5. The number of thiophene rings is 1. The number of sulfone groups is 1. The summed E-state index contributed by atoms with van der Waals surface area (Å²) in [7, 11) is -3.67. The maximum absolute atomic E-state index is 14.5. The number of anilines is 3. The molecule has 4 bridgehead atoms. The highest BCUT2D eigenvalue weighted by molar-refractivity contribution is 7.91. The highest BCUT2D eigenvalue weighted by atomic mass is 32.2. The lowest BCUT2D eigenvalue weighted by Crippen LogP contribution is -2.57. The van der Waals surface area contributed by atoms with Crippen molar-refractivity contribution >= 4 is 58.4 Å². The molecule has 0 radical (unpaired) electrons. The van der Waals surface area contributed by atoms with Crippen LogP contribution in [0.15, 0.2) is 149 Å². The normalized spacial score (nSPS) is 25.3. The van der Waals surface area contributed by atoms with Gasteiger partial charge >= 0.3 is 0 Å². The molecule has 6 aromatic carbocycles. The molecule has 1 spiro atoms. The molecule has 0 saturated heterocycles. The Balaban J connectivity index is 1.12. The topological polar surface area (TPSA) is 37.4 Å². The van der Waals surface area contributed by atoms with Crippen molar-refractivity contribution in [1.29, 1.82) is 0 Å². The summed E-state index contributed by atoms with van der Waals surface area (Å²) in [5, 5.41) is 2.58. The molecule has 4 saturated carbocycles. The SMILES string of the molecule is O=S1(=O)c2ccccc2C2(c3cc(N(c4ccccc4)c4cccc(-c5cccc6c5sc5ccccc56)c4)ccc31)C1CC3CC(C1)CC2C3. The van der Waals surface area contributed by atoms with Gasteiger partial charge in [-0.15, -0.1) is 11.3 Å². The minimum Gasteiger partial charge on any atom is -0.310 e. The van der Waals surface area contributed by atoms with Crippen molar-refractivity contribution in [2.24, 2.45) is 23.7 Å². The predicted octanol–water partition coefficient (Wildman–Crippen LogP) is 12.1. The molecule has 7 aromatic rings. The van der Waals surface area contributed by atoms with Gasteiger partial charge in [0, 0.05) is 42.6 Å². The second kappa shape index (κ2) is 10.9. The molecule has 0 unspecified atom stereocenters. The molecule has 0 N–H and O–H groups in total. The van der Waals surface area contributed by atoms with E-state index >= 15 is 0 Å². The second-order valence-electron chi connectivity index (χ2n) is 15.4. The van der Waals surface area contributed by atoms with Crippen LogP contribution in [0.2, 0.25) is 0 Å². The molecule has 0 amide bonds. The standard InChI is InChI=1S/C46H37NO2S2/c48-51(49)43-19-7-5-17-40(43)46(32-23-29-22-30(25-32)26-33(46)24-29)41-28-36(20-21-44(41)51)47(34-11-2-1-3-12-34)35-13-8-10-31(27-35)37-15-9-16-39-38-14-4-6-18-42(38)50-45(37)39/h1-21,27-30,32-33H,22-26H2. The van der Waals surface area contributed by atoms with Gasteiger partial charge in [0.05, 0.1) is 9.79 Å². The largest absolute Gasteiger partial charge is 0.310 e. The summed E-state index contributed by atoms with van der Waals surface area (Å²) >= 11 is 1.85. The minimum absolute atomic E-state index is 0.290. The number of para-hydroxylation sites is 1. The maximum atomic E-state index is 14.5. The highest BCUT2D eigenvalue weighted by Crippen LogP contribution is 2.68. The number of benzene rings is 6. The van der Waals surface area contributed by atoms with Crippen LogP contribution in [0.3, 0.4) is 0 Å². The van der Waals surface area contributed by atoms with E-state index < -0.39 is 9.84 Å².